The molecule has 0 aromatic carbocycles. The standard InChI is InChI=1S/C13H20INO/c1-5-6-15-9-10(8-14)11(12(15)16)7-13(2,3)4/h5,7,10H,1,6,8-9H2,2-4H3/b11-7+. The molecular formula is C13H20INO. The van der Waals surface area contributed by atoms with Crippen LogP contribution in [-0.2, 0) is 4.79 Å². The second-order valence-electron chi connectivity index (χ2n) is 5.32. The molecule has 0 aliphatic carbocycles. The van der Waals surface area contributed by atoms with Gasteiger partial charge in [0.05, 0.1) is 0 Å². The molecule has 1 fully saturated rings. The monoisotopic (exact) mass is 333 g/mol. The molecule has 0 bridgehead atoms. The van der Waals surface area contributed by atoms with Gasteiger partial charge in [0.15, 0.2) is 0 Å². The van der Waals surface area contributed by atoms with E-state index < -0.39 is 0 Å². The third kappa shape index (κ3) is 3.34. The molecule has 1 aliphatic heterocycles. The number of halogens is 1. The van der Waals surface area contributed by atoms with E-state index in [1.807, 2.05) is 4.90 Å². The molecule has 1 saturated heterocycles. The molecule has 1 unspecified atom stereocenters. The lowest BCUT2D eigenvalue weighted by molar-refractivity contribution is -0.124. The Balaban J connectivity index is 2.94. The van der Waals surface area contributed by atoms with E-state index >= 15 is 0 Å². The van der Waals surface area contributed by atoms with Crippen LogP contribution in [0.15, 0.2) is 24.3 Å². The molecule has 1 atom stereocenters. The number of allylic oxidation sites excluding steroid dienone is 1. The molecule has 1 amide bonds. The van der Waals surface area contributed by atoms with Crippen LogP contribution >= 0.6 is 22.6 Å². The molecular weight excluding hydrogens is 313 g/mol. The van der Waals surface area contributed by atoms with Crippen molar-refractivity contribution in [1.29, 1.82) is 0 Å². The van der Waals surface area contributed by atoms with E-state index in [2.05, 4.69) is 56.0 Å². The van der Waals surface area contributed by atoms with Crippen LogP contribution < -0.4 is 0 Å². The summed E-state index contributed by atoms with van der Waals surface area (Å²) in [5.74, 6) is 0.573. The fraction of sp³-hybridized carbons (Fsp3) is 0.615. The van der Waals surface area contributed by atoms with E-state index in [1.165, 1.54) is 0 Å². The van der Waals surface area contributed by atoms with Crippen molar-refractivity contribution in [3.8, 4) is 0 Å². The maximum absolute atomic E-state index is 12.1. The van der Waals surface area contributed by atoms with Crippen LogP contribution in [0.4, 0.5) is 0 Å². The Hall–Kier alpha value is -0.320. The molecule has 0 spiro atoms. The first kappa shape index (κ1) is 13.7. The normalized spacial score (nSPS) is 24.2. The summed E-state index contributed by atoms with van der Waals surface area (Å²) in [7, 11) is 0. The zero-order chi connectivity index (χ0) is 12.3. The van der Waals surface area contributed by atoms with Crippen molar-refractivity contribution >= 4 is 28.5 Å². The maximum atomic E-state index is 12.1. The van der Waals surface area contributed by atoms with Crippen molar-refractivity contribution in [2.75, 3.05) is 17.5 Å². The summed E-state index contributed by atoms with van der Waals surface area (Å²) in [6, 6.07) is 0. The highest BCUT2D eigenvalue weighted by Gasteiger charge is 2.34. The molecule has 90 valence electrons. The van der Waals surface area contributed by atoms with Gasteiger partial charge in [-0.3, -0.25) is 4.79 Å². The van der Waals surface area contributed by atoms with Gasteiger partial charge in [0, 0.05) is 29.0 Å². The van der Waals surface area contributed by atoms with E-state index in [0.29, 0.717) is 12.5 Å². The lowest BCUT2D eigenvalue weighted by atomic mass is 9.90. The SMILES string of the molecule is C=CCN1CC(CI)/C(=C\C(C)(C)C)C1=O. The molecule has 2 nitrogen and oxygen atoms in total. The van der Waals surface area contributed by atoms with Crippen molar-refractivity contribution in [2.24, 2.45) is 11.3 Å². The van der Waals surface area contributed by atoms with Crippen LogP contribution in [-0.4, -0.2) is 28.3 Å². The van der Waals surface area contributed by atoms with Gasteiger partial charge in [0.1, 0.15) is 0 Å². The number of hydrogen-bond acceptors (Lipinski definition) is 1. The van der Waals surface area contributed by atoms with Gasteiger partial charge in [0.25, 0.3) is 0 Å². The highest BCUT2D eigenvalue weighted by molar-refractivity contribution is 14.1. The molecule has 0 saturated carbocycles. The number of alkyl halides is 1. The highest BCUT2D eigenvalue weighted by Crippen LogP contribution is 2.30. The van der Waals surface area contributed by atoms with Crippen LogP contribution in [0.3, 0.4) is 0 Å². The van der Waals surface area contributed by atoms with E-state index in [9.17, 15) is 4.79 Å². The van der Waals surface area contributed by atoms with Crippen molar-refractivity contribution in [2.45, 2.75) is 20.8 Å². The van der Waals surface area contributed by atoms with E-state index in [1.54, 1.807) is 6.08 Å². The van der Waals surface area contributed by atoms with Crippen molar-refractivity contribution < 1.29 is 4.79 Å². The first-order chi connectivity index (χ1) is 7.39. The Morgan fingerprint density at radius 1 is 1.56 bits per heavy atom. The van der Waals surface area contributed by atoms with Crippen molar-refractivity contribution in [3.63, 3.8) is 0 Å². The number of likely N-dealkylation sites (tertiary alicyclic amines) is 1. The molecule has 0 aromatic heterocycles. The number of carbonyl (C=O) groups is 1. The van der Waals surface area contributed by atoms with E-state index in [-0.39, 0.29) is 11.3 Å². The van der Waals surface area contributed by atoms with Gasteiger partial charge in [-0.2, -0.15) is 0 Å². The number of rotatable bonds is 3. The van der Waals surface area contributed by atoms with Crippen LogP contribution in [0.25, 0.3) is 0 Å². The van der Waals surface area contributed by atoms with Gasteiger partial charge >= 0.3 is 0 Å². The van der Waals surface area contributed by atoms with Gasteiger partial charge in [-0.05, 0) is 5.41 Å². The number of carbonyl (C=O) groups excluding carboxylic acids is 1. The molecule has 0 aromatic rings. The maximum Gasteiger partial charge on any atom is 0.250 e. The van der Waals surface area contributed by atoms with Crippen molar-refractivity contribution in [1.82, 2.24) is 4.90 Å². The molecule has 0 N–H and O–H groups in total. The Kier molecular flexibility index (Phi) is 4.59. The molecule has 16 heavy (non-hydrogen) atoms. The van der Waals surface area contributed by atoms with E-state index in [4.69, 9.17) is 0 Å². The number of hydrogen-bond donors (Lipinski definition) is 0. The number of nitrogens with zero attached hydrogens (tertiary/aromatic N) is 1. The zero-order valence-corrected chi connectivity index (χ0v) is 12.5. The van der Waals surface area contributed by atoms with Crippen LogP contribution in [0.1, 0.15) is 20.8 Å². The Bertz CT molecular complexity index is 314. The molecule has 1 heterocycles. The summed E-state index contributed by atoms with van der Waals surface area (Å²) in [5.41, 5.74) is 1.06. The third-order valence-electron chi connectivity index (χ3n) is 2.54. The Morgan fingerprint density at radius 2 is 2.19 bits per heavy atom. The van der Waals surface area contributed by atoms with Crippen molar-refractivity contribution in [3.05, 3.63) is 24.3 Å². The predicted octanol–water partition coefficient (Wildman–Crippen LogP) is 3.04. The summed E-state index contributed by atoms with van der Waals surface area (Å²) in [6.45, 7) is 11.6. The predicted molar refractivity (Wildman–Crippen MR) is 76.7 cm³/mol. The summed E-state index contributed by atoms with van der Waals surface area (Å²) in [5, 5.41) is 0. The van der Waals surface area contributed by atoms with Gasteiger partial charge in [-0.1, -0.05) is 55.5 Å². The molecule has 1 rings (SSSR count). The Morgan fingerprint density at radius 3 is 2.62 bits per heavy atom. The summed E-state index contributed by atoms with van der Waals surface area (Å²) < 4.78 is 0.999. The van der Waals surface area contributed by atoms with Gasteiger partial charge in [-0.25, -0.2) is 0 Å². The highest BCUT2D eigenvalue weighted by atomic mass is 127. The molecule has 1 aliphatic rings. The first-order valence-corrected chi connectivity index (χ1v) is 7.10. The largest absolute Gasteiger partial charge is 0.335 e. The zero-order valence-electron chi connectivity index (χ0n) is 10.3. The average molecular weight is 333 g/mol. The summed E-state index contributed by atoms with van der Waals surface area (Å²) >= 11 is 2.36. The first-order valence-electron chi connectivity index (χ1n) is 5.58. The minimum atomic E-state index is 0.0687. The van der Waals surface area contributed by atoms with Gasteiger partial charge in [0.2, 0.25) is 5.91 Å². The minimum Gasteiger partial charge on any atom is -0.335 e. The average Bonchev–Trinajstić information content (AvgIpc) is 2.44. The van der Waals surface area contributed by atoms with Gasteiger partial charge in [-0.15, -0.1) is 6.58 Å². The lowest BCUT2D eigenvalue weighted by Gasteiger charge is -2.15. The topological polar surface area (TPSA) is 20.3 Å². The lowest BCUT2D eigenvalue weighted by Crippen LogP contribution is -2.25. The molecule has 3 heteroatoms. The smallest absolute Gasteiger partial charge is 0.250 e. The molecule has 0 radical (unpaired) electrons. The van der Waals surface area contributed by atoms with Gasteiger partial charge < -0.3 is 4.90 Å². The summed E-state index contributed by atoms with van der Waals surface area (Å²) in [4.78, 5) is 14.0. The van der Waals surface area contributed by atoms with E-state index in [0.717, 1.165) is 16.5 Å². The summed E-state index contributed by atoms with van der Waals surface area (Å²) in [6.07, 6.45) is 3.92. The quantitative estimate of drug-likeness (QED) is 0.336. The fourth-order valence-electron chi connectivity index (χ4n) is 1.90. The van der Waals surface area contributed by atoms with Crippen LogP contribution in [0.5, 0.6) is 0 Å². The number of amides is 1. The van der Waals surface area contributed by atoms with Crippen LogP contribution in [0, 0.1) is 11.3 Å². The second-order valence-corrected chi connectivity index (χ2v) is 6.20. The third-order valence-corrected chi connectivity index (χ3v) is 3.60. The minimum absolute atomic E-state index is 0.0687. The second kappa shape index (κ2) is 5.34. The fourth-order valence-corrected chi connectivity index (χ4v) is 2.65. The Labute approximate surface area is 112 Å². The van der Waals surface area contributed by atoms with Crippen LogP contribution in [0.2, 0.25) is 0 Å².